The van der Waals surface area contributed by atoms with Crippen molar-refractivity contribution in [3.8, 4) is 0 Å². The van der Waals surface area contributed by atoms with Gasteiger partial charge in [0.15, 0.2) is 0 Å². The first kappa shape index (κ1) is 13.1. The summed E-state index contributed by atoms with van der Waals surface area (Å²) in [5.41, 5.74) is 2.12. The molecule has 1 atom stereocenters. The summed E-state index contributed by atoms with van der Waals surface area (Å²) in [7, 11) is 0. The second kappa shape index (κ2) is 4.90. The van der Waals surface area contributed by atoms with Gasteiger partial charge in [-0.25, -0.2) is 4.79 Å². The summed E-state index contributed by atoms with van der Waals surface area (Å²) in [6, 6.07) is 5.01. The molecule has 1 aromatic carbocycles. The Balaban J connectivity index is 1.81. The van der Waals surface area contributed by atoms with Gasteiger partial charge in [-0.05, 0) is 49.2 Å². The first-order valence-electron chi connectivity index (χ1n) is 6.96. The second-order valence-electron chi connectivity index (χ2n) is 5.60. The Morgan fingerprint density at radius 3 is 2.75 bits per heavy atom. The molecule has 5 nitrogen and oxygen atoms in total. The molecule has 1 aromatic rings. The summed E-state index contributed by atoms with van der Waals surface area (Å²) >= 11 is 0. The molecule has 0 aliphatic carbocycles. The third-order valence-electron chi connectivity index (χ3n) is 4.40. The van der Waals surface area contributed by atoms with E-state index in [0.717, 1.165) is 30.8 Å². The number of carbonyl (C=O) groups excluding carboxylic acids is 1. The minimum absolute atomic E-state index is 0.0151. The molecule has 0 aromatic heterocycles. The average Bonchev–Trinajstić information content (AvgIpc) is 2.78. The highest BCUT2D eigenvalue weighted by molar-refractivity contribution is 5.98. The fourth-order valence-electron chi connectivity index (χ4n) is 2.88. The van der Waals surface area contributed by atoms with Crippen molar-refractivity contribution >= 4 is 17.6 Å². The van der Waals surface area contributed by atoms with E-state index < -0.39 is 5.97 Å². The van der Waals surface area contributed by atoms with E-state index in [0.29, 0.717) is 12.5 Å². The molecule has 2 heterocycles. The maximum atomic E-state index is 12.5. The van der Waals surface area contributed by atoms with E-state index in [1.54, 1.807) is 18.2 Å². The van der Waals surface area contributed by atoms with Crippen LogP contribution in [0.25, 0.3) is 0 Å². The summed E-state index contributed by atoms with van der Waals surface area (Å²) in [5.74, 6) is -0.337. The normalized spacial score (nSPS) is 19.4. The molecule has 0 spiro atoms. The van der Waals surface area contributed by atoms with Crippen molar-refractivity contribution in [2.75, 3.05) is 24.5 Å². The molecule has 1 fully saturated rings. The lowest BCUT2D eigenvalue weighted by Gasteiger charge is -2.34. The number of benzene rings is 1. The topological polar surface area (TPSA) is 69.6 Å². The standard InChI is InChI=1S/C15H18N2O3/c1-9(12-7-16-8-12)14(18)17-5-4-10-6-11(15(19)20)2-3-13(10)17/h2-3,6,9,12,16H,4-5,7-8H2,1H3,(H,19,20). The summed E-state index contributed by atoms with van der Waals surface area (Å²) in [6.45, 7) is 4.45. The number of nitrogens with zero attached hydrogens (tertiary/aromatic N) is 1. The van der Waals surface area contributed by atoms with Crippen LogP contribution in [0.15, 0.2) is 18.2 Å². The van der Waals surface area contributed by atoms with Gasteiger partial charge in [-0.1, -0.05) is 6.92 Å². The molecule has 0 saturated carbocycles. The zero-order valence-electron chi connectivity index (χ0n) is 11.4. The summed E-state index contributed by atoms with van der Waals surface area (Å²) in [4.78, 5) is 25.3. The number of carboxylic acid groups (broad SMARTS) is 1. The Hall–Kier alpha value is -1.88. The molecule has 2 aliphatic rings. The van der Waals surface area contributed by atoms with Crippen molar-refractivity contribution in [3.63, 3.8) is 0 Å². The molecule has 0 bridgehead atoms. The van der Waals surface area contributed by atoms with Gasteiger partial charge in [0.1, 0.15) is 0 Å². The average molecular weight is 274 g/mol. The maximum absolute atomic E-state index is 12.5. The van der Waals surface area contributed by atoms with Crippen LogP contribution in [0.5, 0.6) is 0 Å². The van der Waals surface area contributed by atoms with Gasteiger partial charge >= 0.3 is 5.97 Å². The summed E-state index contributed by atoms with van der Waals surface area (Å²) in [5, 5.41) is 12.2. The molecule has 20 heavy (non-hydrogen) atoms. The highest BCUT2D eigenvalue weighted by Crippen LogP contribution is 2.31. The predicted octanol–water partition coefficient (Wildman–Crippen LogP) is 1.13. The van der Waals surface area contributed by atoms with Gasteiger partial charge in [0.2, 0.25) is 5.91 Å². The number of carbonyl (C=O) groups is 2. The van der Waals surface area contributed by atoms with Crippen LogP contribution >= 0.6 is 0 Å². The Morgan fingerprint density at radius 2 is 2.15 bits per heavy atom. The number of hydrogen-bond acceptors (Lipinski definition) is 3. The fourth-order valence-corrected chi connectivity index (χ4v) is 2.88. The molecule has 3 rings (SSSR count). The highest BCUT2D eigenvalue weighted by atomic mass is 16.4. The van der Waals surface area contributed by atoms with Gasteiger partial charge in [0, 0.05) is 18.2 Å². The largest absolute Gasteiger partial charge is 0.478 e. The zero-order chi connectivity index (χ0) is 14.3. The van der Waals surface area contributed by atoms with Crippen molar-refractivity contribution in [1.82, 2.24) is 5.32 Å². The molecule has 2 N–H and O–H groups in total. The van der Waals surface area contributed by atoms with Gasteiger partial charge in [-0.15, -0.1) is 0 Å². The van der Waals surface area contributed by atoms with E-state index in [-0.39, 0.29) is 17.4 Å². The van der Waals surface area contributed by atoms with Crippen molar-refractivity contribution in [1.29, 1.82) is 0 Å². The van der Waals surface area contributed by atoms with E-state index in [4.69, 9.17) is 5.11 Å². The molecule has 0 radical (unpaired) electrons. The van der Waals surface area contributed by atoms with Gasteiger partial charge in [0.25, 0.3) is 0 Å². The molecule has 1 saturated heterocycles. The van der Waals surface area contributed by atoms with Crippen LogP contribution in [-0.2, 0) is 11.2 Å². The second-order valence-corrected chi connectivity index (χ2v) is 5.60. The molecular weight excluding hydrogens is 256 g/mol. The number of amides is 1. The van der Waals surface area contributed by atoms with Crippen molar-refractivity contribution in [3.05, 3.63) is 29.3 Å². The molecular formula is C15H18N2O3. The highest BCUT2D eigenvalue weighted by Gasteiger charge is 2.34. The molecule has 1 amide bonds. The van der Waals surface area contributed by atoms with Crippen LogP contribution in [-0.4, -0.2) is 36.6 Å². The summed E-state index contributed by atoms with van der Waals surface area (Å²) in [6.07, 6.45) is 0.734. The Kier molecular flexibility index (Phi) is 3.22. The first-order chi connectivity index (χ1) is 9.58. The van der Waals surface area contributed by atoms with Crippen LogP contribution in [0.2, 0.25) is 0 Å². The van der Waals surface area contributed by atoms with Crippen LogP contribution in [0.1, 0.15) is 22.8 Å². The van der Waals surface area contributed by atoms with E-state index in [2.05, 4.69) is 5.32 Å². The third-order valence-corrected chi connectivity index (χ3v) is 4.40. The fraction of sp³-hybridized carbons (Fsp3) is 0.467. The first-order valence-corrected chi connectivity index (χ1v) is 6.96. The maximum Gasteiger partial charge on any atom is 0.335 e. The number of fused-ring (bicyclic) bond motifs is 1. The van der Waals surface area contributed by atoms with Gasteiger partial charge in [-0.3, -0.25) is 4.79 Å². The Bertz CT molecular complexity index is 566. The number of nitrogens with one attached hydrogen (secondary N) is 1. The number of rotatable bonds is 3. The monoisotopic (exact) mass is 274 g/mol. The lowest BCUT2D eigenvalue weighted by Crippen LogP contribution is -2.50. The number of aromatic carboxylic acids is 1. The molecule has 106 valence electrons. The Labute approximate surface area is 117 Å². The minimum atomic E-state index is -0.925. The molecule has 5 heteroatoms. The van der Waals surface area contributed by atoms with Crippen LogP contribution in [0.4, 0.5) is 5.69 Å². The minimum Gasteiger partial charge on any atom is -0.478 e. The van der Waals surface area contributed by atoms with Crippen LogP contribution < -0.4 is 10.2 Å². The quantitative estimate of drug-likeness (QED) is 0.867. The third kappa shape index (κ3) is 2.08. The zero-order valence-corrected chi connectivity index (χ0v) is 11.4. The van der Waals surface area contributed by atoms with E-state index in [1.807, 2.05) is 11.8 Å². The number of carboxylic acids is 1. The van der Waals surface area contributed by atoms with E-state index in [1.165, 1.54) is 0 Å². The molecule has 1 unspecified atom stereocenters. The van der Waals surface area contributed by atoms with Gasteiger partial charge in [0.05, 0.1) is 5.56 Å². The SMILES string of the molecule is CC(C(=O)N1CCc2cc(C(=O)O)ccc21)C1CNC1. The van der Waals surface area contributed by atoms with E-state index >= 15 is 0 Å². The smallest absolute Gasteiger partial charge is 0.335 e. The predicted molar refractivity (Wildman–Crippen MR) is 75.0 cm³/mol. The summed E-state index contributed by atoms with van der Waals surface area (Å²) < 4.78 is 0. The van der Waals surface area contributed by atoms with Crippen molar-refractivity contribution in [2.45, 2.75) is 13.3 Å². The Morgan fingerprint density at radius 1 is 1.40 bits per heavy atom. The van der Waals surface area contributed by atoms with Crippen LogP contribution in [0.3, 0.4) is 0 Å². The van der Waals surface area contributed by atoms with Gasteiger partial charge in [-0.2, -0.15) is 0 Å². The van der Waals surface area contributed by atoms with Gasteiger partial charge < -0.3 is 15.3 Å². The van der Waals surface area contributed by atoms with E-state index in [9.17, 15) is 9.59 Å². The number of anilines is 1. The number of hydrogen-bond donors (Lipinski definition) is 2. The van der Waals surface area contributed by atoms with Crippen LogP contribution in [0, 0.1) is 11.8 Å². The lowest BCUT2D eigenvalue weighted by atomic mass is 9.88. The molecule has 2 aliphatic heterocycles. The lowest BCUT2D eigenvalue weighted by molar-refractivity contribution is -0.123. The van der Waals surface area contributed by atoms with Crippen molar-refractivity contribution in [2.24, 2.45) is 11.8 Å². The van der Waals surface area contributed by atoms with Crippen molar-refractivity contribution < 1.29 is 14.7 Å².